The van der Waals surface area contributed by atoms with Crippen LogP contribution in [0.4, 0.5) is 0 Å². The first kappa shape index (κ1) is 27.7. The lowest BCUT2D eigenvalue weighted by atomic mass is 9.90. The van der Waals surface area contributed by atoms with Gasteiger partial charge in [-0.25, -0.2) is 0 Å². The number of hydrogen-bond donors (Lipinski definition) is 0. The highest BCUT2D eigenvalue weighted by atomic mass is 14.1. The Morgan fingerprint density at radius 1 is 0.429 bits per heavy atom. The molecular weight excluding hydrogens is 336 g/mol. The van der Waals surface area contributed by atoms with Crippen LogP contribution in [-0.2, 0) is 0 Å². The Hall–Kier alpha value is -0.260. The minimum Gasteiger partial charge on any atom is -0.0888 e. The minimum absolute atomic E-state index is 1.02. The Bertz CT molecular complexity index is 290. The van der Waals surface area contributed by atoms with Crippen molar-refractivity contribution >= 4 is 0 Å². The predicted molar refractivity (Wildman–Crippen MR) is 131 cm³/mol. The smallest absolute Gasteiger partial charge is 0.0351 e. The van der Waals surface area contributed by atoms with Crippen molar-refractivity contribution in [3.8, 4) is 0 Å². The fraction of sp³-hybridized carbons (Fsp3) is 0.929. The van der Waals surface area contributed by atoms with Crippen molar-refractivity contribution in [2.45, 2.75) is 162 Å². The molecule has 0 N–H and O–H groups in total. The third-order valence-corrected chi connectivity index (χ3v) is 6.30. The van der Waals surface area contributed by atoms with Crippen molar-refractivity contribution in [1.29, 1.82) is 0 Å². The molecule has 0 radical (unpaired) electrons. The van der Waals surface area contributed by atoms with Crippen LogP contribution < -0.4 is 0 Å². The molecule has 0 nitrogen and oxygen atoms in total. The van der Waals surface area contributed by atoms with E-state index in [-0.39, 0.29) is 0 Å². The molecule has 0 aromatic heterocycles. The SMILES string of the molecule is CCC=CCCCCCCCC(CCC)CCCCCCCCCCCCC. The Morgan fingerprint density at radius 2 is 0.893 bits per heavy atom. The first-order chi connectivity index (χ1) is 13.8. The second kappa shape index (κ2) is 24.8. The van der Waals surface area contributed by atoms with Crippen LogP contribution in [0.1, 0.15) is 162 Å². The average Bonchev–Trinajstić information content (AvgIpc) is 2.70. The molecule has 0 heteroatoms. The molecule has 0 spiro atoms. The molecule has 28 heavy (non-hydrogen) atoms. The highest BCUT2D eigenvalue weighted by molar-refractivity contribution is 4.79. The van der Waals surface area contributed by atoms with Gasteiger partial charge in [0.25, 0.3) is 0 Å². The Balaban J connectivity index is 3.44. The third-order valence-electron chi connectivity index (χ3n) is 6.30. The summed E-state index contributed by atoms with van der Waals surface area (Å²) in [5.74, 6) is 1.02. The lowest BCUT2D eigenvalue weighted by molar-refractivity contribution is 0.377. The maximum absolute atomic E-state index is 2.37. The van der Waals surface area contributed by atoms with Crippen LogP contribution in [0.3, 0.4) is 0 Å². The van der Waals surface area contributed by atoms with Crippen molar-refractivity contribution in [2.24, 2.45) is 5.92 Å². The van der Waals surface area contributed by atoms with Crippen LogP contribution >= 0.6 is 0 Å². The van der Waals surface area contributed by atoms with Crippen LogP contribution in [0.15, 0.2) is 12.2 Å². The highest BCUT2D eigenvalue weighted by Gasteiger charge is 2.07. The number of rotatable bonds is 23. The van der Waals surface area contributed by atoms with Gasteiger partial charge in [0.2, 0.25) is 0 Å². The minimum atomic E-state index is 1.02. The number of unbranched alkanes of at least 4 members (excludes halogenated alkanes) is 15. The molecule has 0 saturated carbocycles. The second-order valence-electron chi connectivity index (χ2n) is 9.20. The zero-order valence-corrected chi connectivity index (χ0v) is 20.3. The standard InChI is InChI=1S/C28H56/c1-4-7-9-11-13-15-16-18-20-22-24-27-28(25-6-3)26-23-21-19-17-14-12-10-8-5-2/h8,10,28H,4-7,9,11-27H2,1-3H3. The van der Waals surface area contributed by atoms with Crippen LogP contribution in [0.5, 0.6) is 0 Å². The zero-order valence-electron chi connectivity index (χ0n) is 20.3. The third kappa shape index (κ3) is 22.0. The van der Waals surface area contributed by atoms with Gasteiger partial charge in [-0.15, -0.1) is 0 Å². The molecule has 0 fully saturated rings. The van der Waals surface area contributed by atoms with Crippen molar-refractivity contribution < 1.29 is 0 Å². The molecule has 0 bridgehead atoms. The monoisotopic (exact) mass is 392 g/mol. The van der Waals surface area contributed by atoms with E-state index in [0.717, 1.165) is 5.92 Å². The van der Waals surface area contributed by atoms with E-state index in [1.807, 2.05) is 0 Å². The molecule has 0 aromatic rings. The molecule has 1 unspecified atom stereocenters. The molecule has 0 aliphatic rings. The number of hydrogen-bond acceptors (Lipinski definition) is 0. The summed E-state index contributed by atoms with van der Waals surface area (Å²) < 4.78 is 0. The van der Waals surface area contributed by atoms with Gasteiger partial charge in [-0.2, -0.15) is 0 Å². The largest absolute Gasteiger partial charge is 0.0888 e. The van der Waals surface area contributed by atoms with Gasteiger partial charge in [0.05, 0.1) is 0 Å². The maximum Gasteiger partial charge on any atom is -0.0351 e. The van der Waals surface area contributed by atoms with Crippen LogP contribution in [0, 0.1) is 5.92 Å². The van der Waals surface area contributed by atoms with E-state index < -0.39 is 0 Å². The number of allylic oxidation sites excluding steroid dienone is 2. The van der Waals surface area contributed by atoms with Crippen LogP contribution in [-0.4, -0.2) is 0 Å². The Labute approximate surface area is 180 Å². The second-order valence-corrected chi connectivity index (χ2v) is 9.20. The summed E-state index contributed by atoms with van der Waals surface area (Å²) in [4.78, 5) is 0. The molecule has 1 atom stereocenters. The zero-order chi connectivity index (χ0) is 20.5. The first-order valence-electron chi connectivity index (χ1n) is 13.5. The molecule has 0 aromatic carbocycles. The Kier molecular flexibility index (Phi) is 24.5. The van der Waals surface area contributed by atoms with Gasteiger partial charge >= 0.3 is 0 Å². The van der Waals surface area contributed by atoms with Gasteiger partial charge in [0.1, 0.15) is 0 Å². The predicted octanol–water partition coefficient (Wildman–Crippen LogP) is 10.8. The van der Waals surface area contributed by atoms with Crippen LogP contribution in [0.2, 0.25) is 0 Å². The van der Waals surface area contributed by atoms with Crippen molar-refractivity contribution in [3.05, 3.63) is 12.2 Å². The van der Waals surface area contributed by atoms with E-state index in [1.165, 1.54) is 141 Å². The Morgan fingerprint density at radius 3 is 1.36 bits per heavy atom. The topological polar surface area (TPSA) is 0 Å². The van der Waals surface area contributed by atoms with Gasteiger partial charge in [-0.3, -0.25) is 0 Å². The van der Waals surface area contributed by atoms with Gasteiger partial charge in [-0.05, 0) is 25.2 Å². The van der Waals surface area contributed by atoms with E-state index in [9.17, 15) is 0 Å². The van der Waals surface area contributed by atoms with Gasteiger partial charge < -0.3 is 0 Å². The maximum atomic E-state index is 2.37. The lowest BCUT2D eigenvalue weighted by Crippen LogP contribution is -2.00. The van der Waals surface area contributed by atoms with Crippen molar-refractivity contribution in [2.75, 3.05) is 0 Å². The summed E-state index contributed by atoms with van der Waals surface area (Å²) in [6.07, 6.45) is 36.4. The van der Waals surface area contributed by atoms with Crippen molar-refractivity contribution in [1.82, 2.24) is 0 Å². The molecule has 0 rings (SSSR count). The first-order valence-corrected chi connectivity index (χ1v) is 13.5. The summed E-state index contributed by atoms with van der Waals surface area (Å²) in [5.41, 5.74) is 0. The molecule has 0 aliphatic carbocycles. The summed E-state index contributed by atoms with van der Waals surface area (Å²) in [6, 6.07) is 0. The van der Waals surface area contributed by atoms with E-state index in [0.29, 0.717) is 0 Å². The van der Waals surface area contributed by atoms with Gasteiger partial charge in [0, 0.05) is 0 Å². The molecule has 0 amide bonds. The molecule has 0 saturated heterocycles. The fourth-order valence-corrected chi connectivity index (χ4v) is 4.45. The molecule has 0 aliphatic heterocycles. The van der Waals surface area contributed by atoms with Crippen molar-refractivity contribution in [3.63, 3.8) is 0 Å². The quantitative estimate of drug-likeness (QED) is 0.120. The average molecular weight is 393 g/mol. The van der Waals surface area contributed by atoms with E-state index in [1.54, 1.807) is 0 Å². The molecule has 168 valence electrons. The highest BCUT2D eigenvalue weighted by Crippen LogP contribution is 2.23. The van der Waals surface area contributed by atoms with Gasteiger partial charge in [0.15, 0.2) is 0 Å². The summed E-state index contributed by atoms with van der Waals surface area (Å²) >= 11 is 0. The lowest BCUT2D eigenvalue weighted by Gasteiger charge is -2.16. The van der Waals surface area contributed by atoms with E-state index in [4.69, 9.17) is 0 Å². The van der Waals surface area contributed by atoms with Gasteiger partial charge in [-0.1, -0.05) is 155 Å². The molecule has 0 heterocycles. The summed E-state index contributed by atoms with van der Waals surface area (Å²) in [7, 11) is 0. The summed E-state index contributed by atoms with van der Waals surface area (Å²) in [5, 5.41) is 0. The fourth-order valence-electron chi connectivity index (χ4n) is 4.45. The van der Waals surface area contributed by atoms with Crippen LogP contribution in [0.25, 0.3) is 0 Å². The molecular formula is C28H56. The normalized spacial score (nSPS) is 12.8. The van der Waals surface area contributed by atoms with E-state index in [2.05, 4.69) is 32.9 Å². The summed E-state index contributed by atoms with van der Waals surface area (Å²) in [6.45, 7) is 6.90. The van der Waals surface area contributed by atoms with E-state index >= 15 is 0 Å².